The van der Waals surface area contributed by atoms with Crippen molar-refractivity contribution in [3.63, 3.8) is 0 Å². The molecule has 0 bridgehead atoms. The van der Waals surface area contributed by atoms with Gasteiger partial charge in [-0.1, -0.05) is 290 Å². The van der Waals surface area contributed by atoms with Gasteiger partial charge >= 0.3 is 22.4 Å². The molecule has 0 amide bonds. The normalized spacial score (nSPS) is 16.8. The predicted molar refractivity (Wildman–Crippen MR) is 287 cm³/mol. The van der Waals surface area contributed by atoms with Gasteiger partial charge in [-0.3, -0.25) is 0 Å². The zero-order chi connectivity index (χ0) is 40.8. The van der Waals surface area contributed by atoms with Crippen molar-refractivity contribution >= 4 is 137 Å². The van der Waals surface area contributed by atoms with Crippen LogP contribution >= 0.6 is 121 Å². The predicted octanol–water partition coefficient (Wildman–Crippen LogP) is 18.3. The van der Waals surface area contributed by atoms with Gasteiger partial charge in [0.1, 0.15) is 7.06 Å². The first kappa shape index (κ1) is 61.2. The van der Waals surface area contributed by atoms with Crippen molar-refractivity contribution in [2.45, 2.75) is 228 Å². The average Bonchev–Trinajstić information content (AvgIpc) is 3.61. The SMILES string of the molecule is CCCCCCCCCCCCCCCCCC[N+](C)(C)CCCCCCCCCCCCCCCCCC.S=C1SC(=S)C(S)S1.S=C1SC(=S)C(S)S1.[Au+3]. The Morgan fingerprint density at radius 3 is 0.732 bits per heavy atom. The molecule has 332 valence electrons. The molecule has 0 aromatic carbocycles. The third-order valence-electron chi connectivity index (χ3n) is 10.4. The number of nitrogens with zero attached hydrogens (tertiary/aromatic N) is 1. The summed E-state index contributed by atoms with van der Waals surface area (Å²) in [5, 5.41) is 0. The summed E-state index contributed by atoms with van der Waals surface area (Å²) in [5.74, 6) is 0. The Hall–Kier alpha value is 3.16. The van der Waals surface area contributed by atoms with Crippen molar-refractivity contribution in [2.24, 2.45) is 0 Å². The summed E-state index contributed by atoms with van der Waals surface area (Å²) in [6.07, 6.45) is 46.9. The van der Waals surface area contributed by atoms with E-state index < -0.39 is 0 Å². The van der Waals surface area contributed by atoms with Crippen LogP contribution in [0.2, 0.25) is 0 Å². The van der Waals surface area contributed by atoms with E-state index in [0.717, 1.165) is 15.5 Å². The van der Waals surface area contributed by atoms with Crippen LogP contribution in [-0.4, -0.2) is 56.3 Å². The smallest absolute Gasteiger partial charge is 0.328 e. The first-order chi connectivity index (χ1) is 26.5. The molecule has 2 heterocycles. The Kier molecular flexibility index (Phi) is 49.0. The van der Waals surface area contributed by atoms with Crippen LogP contribution in [-0.2, 0) is 22.4 Å². The second-order valence-corrected chi connectivity index (χ2v) is 26.1. The first-order valence-electron chi connectivity index (χ1n) is 22.5. The van der Waals surface area contributed by atoms with E-state index in [0.29, 0.717) is 0 Å². The van der Waals surface area contributed by atoms with Gasteiger partial charge in [0.15, 0.2) is 0 Å². The van der Waals surface area contributed by atoms with Crippen LogP contribution < -0.4 is 0 Å². The summed E-state index contributed by atoms with van der Waals surface area (Å²) < 4.78 is 5.14. The number of rotatable bonds is 34. The van der Waals surface area contributed by atoms with Gasteiger partial charge in [0.25, 0.3) is 0 Å². The fourth-order valence-electron chi connectivity index (χ4n) is 6.88. The van der Waals surface area contributed by atoms with Crippen LogP contribution in [0, 0.1) is 0 Å². The van der Waals surface area contributed by atoms with Crippen molar-refractivity contribution in [3.05, 3.63) is 0 Å². The molecule has 12 heteroatoms. The summed E-state index contributed by atoms with van der Waals surface area (Å²) in [6.45, 7) is 7.39. The van der Waals surface area contributed by atoms with Gasteiger partial charge in [-0.05, 0) is 25.7 Å². The van der Waals surface area contributed by atoms with E-state index in [1.165, 1.54) is 247 Å². The molecule has 0 aromatic rings. The number of hydrogen-bond donors (Lipinski definition) is 2. The molecule has 2 aliphatic heterocycles. The maximum absolute atomic E-state index is 4.90. The Morgan fingerprint density at radius 1 is 0.393 bits per heavy atom. The molecule has 1 nitrogen and oxygen atoms in total. The van der Waals surface area contributed by atoms with Crippen molar-refractivity contribution in [1.82, 2.24) is 0 Å². The van der Waals surface area contributed by atoms with Crippen molar-refractivity contribution in [2.75, 3.05) is 27.2 Å². The molecule has 2 aliphatic rings. The third kappa shape index (κ3) is 42.5. The summed E-state index contributed by atoms with van der Waals surface area (Å²) in [7, 11) is 4.94. The number of quaternary nitrogens is 1. The van der Waals surface area contributed by atoms with Gasteiger partial charge in [-0.15, -0.1) is 0 Å². The molecular weight excluding hydrogens is 1060 g/mol. The van der Waals surface area contributed by atoms with Gasteiger partial charge in [0.2, 0.25) is 0 Å². The number of thioether (sulfide) groups is 4. The van der Waals surface area contributed by atoms with E-state index in [9.17, 15) is 0 Å². The summed E-state index contributed by atoms with van der Waals surface area (Å²) >= 11 is 33.9. The molecule has 0 aliphatic carbocycles. The second-order valence-electron chi connectivity index (χ2n) is 16.3. The molecule has 0 N–H and O–H groups in total. The molecule has 2 saturated heterocycles. The van der Waals surface area contributed by atoms with Gasteiger partial charge < -0.3 is 4.48 Å². The Morgan fingerprint density at radius 2 is 0.589 bits per heavy atom. The molecule has 2 rings (SSSR count). The Balaban J connectivity index is 0. The topological polar surface area (TPSA) is 0 Å². The van der Waals surface area contributed by atoms with Gasteiger partial charge in [0, 0.05) is 0 Å². The first-order valence-corrected chi connectivity index (χ1v) is 28.6. The maximum atomic E-state index is 4.90. The van der Waals surface area contributed by atoms with Gasteiger partial charge in [0.05, 0.1) is 44.7 Å². The second kappa shape index (κ2) is 44.8. The number of thiol groups is 2. The van der Waals surface area contributed by atoms with E-state index in [4.69, 9.17) is 48.9 Å². The van der Waals surface area contributed by atoms with Gasteiger partial charge in [-0.25, -0.2) is 0 Å². The van der Waals surface area contributed by atoms with E-state index in [1.54, 1.807) is 23.5 Å². The van der Waals surface area contributed by atoms with E-state index in [1.807, 2.05) is 0 Å². The summed E-state index contributed by atoms with van der Waals surface area (Å²) in [6, 6.07) is 0. The quantitative estimate of drug-likeness (QED) is 0.0212. The number of thiocarbonyl (C=S) groups is 4. The monoisotopic (exact) mass is 1140 g/mol. The van der Waals surface area contributed by atoms with Crippen LogP contribution in [0.5, 0.6) is 0 Å². The minimum Gasteiger partial charge on any atom is -0.328 e. The minimum atomic E-state index is 0. The molecule has 2 atom stereocenters. The molecule has 0 aromatic heterocycles. The van der Waals surface area contributed by atoms with E-state index >= 15 is 0 Å². The van der Waals surface area contributed by atoms with Gasteiger partial charge in [-0.2, -0.15) is 25.3 Å². The van der Waals surface area contributed by atoms with Crippen LogP contribution in [0.4, 0.5) is 0 Å². The standard InChI is InChI=1S/C38H80N.2C3H2S5.Au/c1-5-7-9-11-13-15-17-19-21-23-25-27-29-31-33-35-37-39(3,4)38-36-34-32-30-28-26-24-22-20-18-16-14-12-10-8-6-2;2*4-1-2(5)8-3(6)7-1;/h5-38H2,1-4H3;2*1,4H;/q+1;;;+3. The zero-order valence-corrected chi connectivity index (χ0v) is 46.6. The Bertz CT molecular complexity index is 879. The largest absolute Gasteiger partial charge is 3.00 e. The van der Waals surface area contributed by atoms with Crippen LogP contribution in [0.3, 0.4) is 0 Å². The fraction of sp³-hybridized carbons (Fsp3) is 0.909. The number of hydrogen-bond acceptors (Lipinski definition) is 10. The van der Waals surface area contributed by atoms with E-state index in [2.05, 4.69) is 53.2 Å². The molecule has 2 fully saturated rings. The summed E-state index contributed by atoms with van der Waals surface area (Å²) in [5.41, 5.74) is 0. The fourth-order valence-corrected chi connectivity index (χ4v) is 14.4. The van der Waals surface area contributed by atoms with Crippen LogP contribution in [0.25, 0.3) is 0 Å². The third-order valence-corrected chi connectivity index (χ3v) is 18.5. The number of unbranched alkanes of at least 4 members (excludes halogenated alkanes) is 30. The van der Waals surface area contributed by atoms with Crippen LogP contribution in [0.15, 0.2) is 0 Å². The van der Waals surface area contributed by atoms with Crippen molar-refractivity contribution in [3.8, 4) is 0 Å². The maximum Gasteiger partial charge on any atom is 3.00 e. The molecule has 2 unspecified atom stereocenters. The van der Waals surface area contributed by atoms with Crippen molar-refractivity contribution in [1.29, 1.82) is 0 Å². The van der Waals surface area contributed by atoms with E-state index in [-0.39, 0.29) is 31.5 Å². The minimum absolute atomic E-state index is 0. The Labute approximate surface area is 414 Å². The van der Waals surface area contributed by atoms with Crippen molar-refractivity contribution < 1.29 is 26.9 Å². The van der Waals surface area contributed by atoms with Crippen LogP contribution in [0.1, 0.15) is 219 Å². The molecule has 56 heavy (non-hydrogen) atoms. The summed E-state index contributed by atoms with van der Waals surface area (Å²) in [4.78, 5) is 0. The molecule has 0 spiro atoms. The average molecular weight is 1140 g/mol. The molecule has 0 saturated carbocycles. The zero-order valence-electron chi connectivity index (χ0n) is 36.1. The molecular formula is C44H84AuNS10+4. The molecule has 0 radical (unpaired) electrons.